The summed E-state index contributed by atoms with van der Waals surface area (Å²) in [5.74, 6) is 2.07. The molecule has 1 N–H and O–H groups in total. The second-order valence-corrected chi connectivity index (χ2v) is 7.25. The molecule has 3 aromatic rings. The highest BCUT2D eigenvalue weighted by Gasteiger charge is 2.07. The number of hydrogen-bond donors (Lipinski definition) is 1. The first-order valence-electron chi connectivity index (χ1n) is 10.3. The van der Waals surface area contributed by atoms with Crippen molar-refractivity contribution in [1.29, 1.82) is 0 Å². The zero-order valence-corrected chi connectivity index (χ0v) is 19.2. The normalized spacial score (nSPS) is 10.6. The Morgan fingerprint density at radius 1 is 0.970 bits per heavy atom. The van der Waals surface area contributed by atoms with Gasteiger partial charge in [0, 0.05) is 5.02 Å². The van der Waals surface area contributed by atoms with Gasteiger partial charge in [-0.25, -0.2) is 5.43 Å². The van der Waals surface area contributed by atoms with Crippen molar-refractivity contribution in [3.63, 3.8) is 0 Å². The van der Waals surface area contributed by atoms with E-state index in [-0.39, 0.29) is 12.5 Å². The summed E-state index contributed by atoms with van der Waals surface area (Å²) in [6.45, 7) is 2.57. The van der Waals surface area contributed by atoms with Crippen molar-refractivity contribution in [1.82, 2.24) is 5.43 Å². The van der Waals surface area contributed by atoms with Crippen LogP contribution in [-0.2, 0) is 11.4 Å². The average molecular weight is 469 g/mol. The van der Waals surface area contributed by atoms with E-state index >= 15 is 0 Å². The number of carbonyl (C=O) groups is 1. The van der Waals surface area contributed by atoms with Gasteiger partial charge < -0.3 is 18.9 Å². The van der Waals surface area contributed by atoms with Crippen molar-refractivity contribution in [2.24, 2.45) is 5.10 Å². The van der Waals surface area contributed by atoms with E-state index in [1.54, 1.807) is 43.5 Å². The highest BCUT2D eigenvalue weighted by Crippen LogP contribution is 2.29. The van der Waals surface area contributed by atoms with Crippen molar-refractivity contribution < 1.29 is 23.7 Å². The van der Waals surface area contributed by atoms with Crippen LogP contribution in [0.3, 0.4) is 0 Å². The maximum Gasteiger partial charge on any atom is 0.277 e. The van der Waals surface area contributed by atoms with Gasteiger partial charge >= 0.3 is 0 Å². The molecule has 0 aliphatic carbocycles. The number of methoxy groups -OCH3 is 1. The molecule has 3 rings (SSSR count). The number of nitrogens with one attached hydrogen (secondary N) is 1. The minimum Gasteiger partial charge on any atom is -0.497 e. The van der Waals surface area contributed by atoms with Crippen molar-refractivity contribution in [2.75, 3.05) is 20.3 Å². The fraction of sp³-hybridized carbons (Fsp3) is 0.200. The van der Waals surface area contributed by atoms with Gasteiger partial charge in [0.25, 0.3) is 5.91 Å². The van der Waals surface area contributed by atoms with Crippen LogP contribution in [0.1, 0.15) is 18.1 Å². The molecule has 0 spiro atoms. The summed E-state index contributed by atoms with van der Waals surface area (Å²) < 4.78 is 22.1. The number of rotatable bonds is 11. The van der Waals surface area contributed by atoms with Crippen LogP contribution in [0.5, 0.6) is 23.0 Å². The van der Waals surface area contributed by atoms with Gasteiger partial charge in [-0.05, 0) is 72.6 Å². The lowest BCUT2D eigenvalue weighted by molar-refractivity contribution is -0.123. The molecule has 33 heavy (non-hydrogen) atoms. The van der Waals surface area contributed by atoms with Crippen molar-refractivity contribution in [3.05, 3.63) is 82.9 Å². The maximum absolute atomic E-state index is 12.0. The summed E-state index contributed by atoms with van der Waals surface area (Å²) >= 11 is 6.02. The number of nitrogens with zero attached hydrogens (tertiary/aromatic N) is 1. The summed E-state index contributed by atoms with van der Waals surface area (Å²) in [5.41, 5.74) is 4.13. The lowest BCUT2D eigenvalue weighted by Crippen LogP contribution is -2.24. The lowest BCUT2D eigenvalue weighted by atomic mass is 10.2. The number of hydrazone groups is 1. The third kappa shape index (κ3) is 7.73. The molecule has 0 saturated carbocycles. The van der Waals surface area contributed by atoms with Crippen LogP contribution in [-0.4, -0.2) is 32.4 Å². The van der Waals surface area contributed by atoms with Crippen LogP contribution in [0.15, 0.2) is 71.8 Å². The number of ether oxygens (including phenoxy) is 4. The van der Waals surface area contributed by atoms with Gasteiger partial charge in [0.05, 0.1) is 19.9 Å². The van der Waals surface area contributed by atoms with Crippen molar-refractivity contribution in [3.8, 4) is 23.0 Å². The van der Waals surface area contributed by atoms with E-state index in [0.29, 0.717) is 41.2 Å². The van der Waals surface area contributed by atoms with Gasteiger partial charge in [-0.2, -0.15) is 5.10 Å². The maximum atomic E-state index is 12.0. The Hall–Kier alpha value is -3.71. The number of amides is 1. The van der Waals surface area contributed by atoms with Crippen LogP contribution >= 0.6 is 11.6 Å². The molecule has 172 valence electrons. The van der Waals surface area contributed by atoms with Gasteiger partial charge in [0.1, 0.15) is 18.1 Å². The molecule has 0 fully saturated rings. The number of carbonyl (C=O) groups excluding carboxylic acids is 1. The highest BCUT2D eigenvalue weighted by atomic mass is 35.5. The summed E-state index contributed by atoms with van der Waals surface area (Å²) in [6, 6.07) is 19.8. The number of benzene rings is 3. The van der Waals surface area contributed by atoms with Gasteiger partial charge in [-0.3, -0.25) is 4.79 Å². The van der Waals surface area contributed by atoms with E-state index in [0.717, 1.165) is 11.1 Å². The molecule has 0 atom stereocenters. The predicted octanol–water partition coefficient (Wildman–Crippen LogP) is 4.86. The number of hydrogen-bond acceptors (Lipinski definition) is 6. The largest absolute Gasteiger partial charge is 0.497 e. The molecule has 1 amide bonds. The standard InChI is InChI=1S/C25H25ClN2O5/c1-3-31-24-14-18(7-12-23(24)33-16-19-5-4-6-20(26)13-19)15-27-28-25(29)17-32-22-10-8-21(30-2)9-11-22/h4-15H,3,16-17H2,1-2H3,(H,28,29). The molecule has 0 aliphatic heterocycles. The van der Waals surface area contributed by atoms with E-state index in [9.17, 15) is 4.79 Å². The molecule has 8 heteroatoms. The fourth-order valence-electron chi connectivity index (χ4n) is 2.81. The Bertz CT molecular complexity index is 1090. The first-order chi connectivity index (χ1) is 16.1. The van der Waals surface area contributed by atoms with Crippen LogP contribution in [0.25, 0.3) is 0 Å². The quantitative estimate of drug-likeness (QED) is 0.321. The molecule has 3 aromatic carbocycles. The van der Waals surface area contributed by atoms with Gasteiger partial charge in [0.15, 0.2) is 18.1 Å². The Morgan fingerprint density at radius 2 is 1.76 bits per heavy atom. The molecular weight excluding hydrogens is 444 g/mol. The third-order valence-corrected chi connectivity index (χ3v) is 4.62. The Labute approximate surface area is 197 Å². The zero-order valence-electron chi connectivity index (χ0n) is 18.4. The van der Waals surface area contributed by atoms with E-state index in [4.69, 9.17) is 30.5 Å². The predicted molar refractivity (Wildman–Crippen MR) is 128 cm³/mol. The molecule has 0 aromatic heterocycles. The Kier molecular flexibility index (Phi) is 8.97. The molecule has 0 heterocycles. The lowest BCUT2D eigenvalue weighted by Gasteiger charge is -2.13. The Balaban J connectivity index is 1.53. The molecule has 0 aliphatic rings. The molecule has 0 radical (unpaired) electrons. The average Bonchev–Trinajstić information content (AvgIpc) is 2.83. The molecular formula is C25H25ClN2O5. The molecule has 0 saturated heterocycles. The van der Waals surface area contributed by atoms with Gasteiger partial charge in [-0.15, -0.1) is 0 Å². The summed E-state index contributed by atoms with van der Waals surface area (Å²) in [7, 11) is 1.58. The van der Waals surface area contributed by atoms with E-state index < -0.39 is 0 Å². The van der Waals surface area contributed by atoms with Gasteiger partial charge in [0.2, 0.25) is 0 Å². The number of halogens is 1. The van der Waals surface area contributed by atoms with Crippen LogP contribution in [0, 0.1) is 0 Å². The highest BCUT2D eigenvalue weighted by molar-refractivity contribution is 6.30. The first-order valence-corrected chi connectivity index (χ1v) is 10.7. The topological polar surface area (TPSA) is 78.4 Å². The minimum atomic E-state index is -0.381. The smallest absolute Gasteiger partial charge is 0.277 e. The molecule has 7 nitrogen and oxygen atoms in total. The zero-order chi connectivity index (χ0) is 23.5. The summed E-state index contributed by atoms with van der Waals surface area (Å²) in [5, 5.41) is 4.64. The molecule has 0 unspecified atom stereocenters. The van der Waals surface area contributed by atoms with Gasteiger partial charge in [-0.1, -0.05) is 23.7 Å². The van der Waals surface area contributed by atoms with Crippen molar-refractivity contribution >= 4 is 23.7 Å². The van der Waals surface area contributed by atoms with E-state index in [1.807, 2.05) is 37.3 Å². The van der Waals surface area contributed by atoms with E-state index in [1.165, 1.54) is 6.21 Å². The molecule has 0 bridgehead atoms. The Morgan fingerprint density at radius 3 is 2.48 bits per heavy atom. The fourth-order valence-corrected chi connectivity index (χ4v) is 3.03. The minimum absolute atomic E-state index is 0.163. The van der Waals surface area contributed by atoms with Crippen molar-refractivity contribution in [2.45, 2.75) is 13.5 Å². The summed E-state index contributed by atoms with van der Waals surface area (Å²) in [6.07, 6.45) is 1.52. The second-order valence-electron chi connectivity index (χ2n) is 6.82. The second kappa shape index (κ2) is 12.4. The summed E-state index contributed by atoms with van der Waals surface area (Å²) in [4.78, 5) is 12.0. The van der Waals surface area contributed by atoms with Crippen LogP contribution < -0.4 is 24.4 Å². The first kappa shape index (κ1) is 23.9. The monoisotopic (exact) mass is 468 g/mol. The third-order valence-electron chi connectivity index (χ3n) is 4.38. The van der Waals surface area contributed by atoms with Crippen LogP contribution in [0.4, 0.5) is 0 Å². The van der Waals surface area contributed by atoms with E-state index in [2.05, 4.69) is 10.5 Å². The van der Waals surface area contributed by atoms with Crippen LogP contribution in [0.2, 0.25) is 5.02 Å². The SMILES string of the molecule is CCOc1cc(C=NNC(=O)COc2ccc(OC)cc2)ccc1OCc1cccc(Cl)c1.